The van der Waals surface area contributed by atoms with E-state index in [4.69, 9.17) is 0 Å². The maximum Gasteiger partial charge on any atom is 0.385 e. The Hall–Kier alpha value is -3.28. The molecule has 0 saturated heterocycles. The lowest BCUT2D eigenvalue weighted by Crippen LogP contribution is -2.74. The van der Waals surface area contributed by atoms with Gasteiger partial charge in [-0.15, -0.1) is 0 Å². The van der Waals surface area contributed by atoms with Crippen LogP contribution in [0.1, 0.15) is 54.9 Å². The van der Waals surface area contributed by atoms with Crippen molar-refractivity contribution in [1.82, 2.24) is 4.98 Å². The summed E-state index contributed by atoms with van der Waals surface area (Å²) in [5.74, 6) is -57.6. The molecule has 0 amide bonds. The zero-order chi connectivity index (χ0) is 36.3. The number of aryl methyl sites for hydroxylation is 1. The number of carbonyl (C=O) groups excluding carboxylic acids is 1. The van der Waals surface area contributed by atoms with E-state index in [1.165, 1.54) is 0 Å². The third-order valence-corrected chi connectivity index (χ3v) is 6.92. The number of halogens is 16. The van der Waals surface area contributed by atoms with Crippen LogP contribution in [-0.4, -0.2) is 65.4 Å². The van der Waals surface area contributed by atoms with E-state index in [2.05, 4.69) is 16.6 Å². The molecule has 0 unspecified atom stereocenters. The number of pyridine rings is 1. The summed E-state index contributed by atoms with van der Waals surface area (Å²) in [7, 11) is 0. The number of esters is 1. The summed E-state index contributed by atoms with van der Waals surface area (Å²) < 4.78 is 219. The second-order valence-corrected chi connectivity index (χ2v) is 10.4. The standard InChI is InChI=1S/C28H25F16NO2/c1-2-3-4-5-6-7-16-8-13-19(45-14-16)17-9-11-18(12-10-17)20(46)47-15-22(31,32)24(35,36)26(39,40)28(43,44)27(41,42)25(37,38)23(33,34)21(29)30/h8-14,21H,2-7,15H2,1H3. The number of nitrogens with zero attached hydrogens (tertiary/aromatic N) is 1. The van der Waals surface area contributed by atoms with E-state index in [0.717, 1.165) is 68.4 Å². The van der Waals surface area contributed by atoms with Gasteiger partial charge in [-0.2, -0.15) is 61.5 Å². The first-order chi connectivity index (χ1) is 21.3. The number of benzene rings is 1. The minimum atomic E-state index is -8.52. The highest BCUT2D eigenvalue weighted by Crippen LogP contribution is 2.62. The van der Waals surface area contributed by atoms with Crippen LogP contribution in [-0.2, 0) is 11.2 Å². The Labute approximate surface area is 256 Å². The Morgan fingerprint density at radius 1 is 0.681 bits per heavy atom. The summed E-state index contributed by atoms with van der Waals surface area (Å²) >= 11 is 0. The number of aromatic nitrogens is 1. The molecule has 1 heterocycles. The Kier molecular flexibility index (Phi) is 11.9. The molecule has 0 fully saturated rings. The molecular weight excluding hydrogens is 686 g/mol. The predicted octanol–water partition coefficient (Wildman–Crippen LogP) is 10.1. The summed E-state index contributed by atoms with van der Waals surface area (Å²) in [5.41, 5.74) is 0.872. The maximum atomic E-state index is 14.1. The lowest BCUT2D eigenvalue weighted by Gasteiger charge is -2.42. The monoisotopic (exact) mass is 711 g/mol. The number of rotatable bonds is 17. The maximum absolute atomic E-state index is 14.1. The van der Waals surface area contributed by atoms with E-state index in [1.54, 1.807) is 18.3 Å². The summed E-state index contributed by atoms with van der Waals surface area (Å²) in [5, 5.41) is 0. The van der Waals surface area contributed by atoms with E-state index in [0.29, 0.717) is 11.3 Å². The molecule has 1 aromatic heterocycles. The van der Waals surface area contributed by atoms with Crippen molar-refractivity contribution in [3.63, 3.8) is 0 Å². The molecule has 3 nitrogen and oxygen atoms in total. The zero-order valence-electron chi connectivity index (χ0n) is 23.9. The fraction of sp³-hybridized carbons (Fsp3) is 0.571. The van der Waals surface area contributed by atoms with Crippen LogP contribution in [0.3, 0.4) is 0 Å². The second-order valence-electron chi connectivity index (χ2n) is 10.4. The summed E-state index contributed by atoms with van der Waals surface area (Å²) in [6.45, 7) is -1.18. The van der Waals surface area contributed by atoms with Gasteiger partial charge in [0.1, 0.15) is 0 Å². The van der Waals surface area contributed by atoms with E-state index >= 15 is 0 Å². The number of carbonyl (C=O) groups is 1. The van der Waals surface area contributed by atoms with Crippen LogP contribution in [0.15, 0.2) is 42.6 Å². The molecule has 266 valence electrons. The van der Waals surface area contributed by atoms with Gasteiger partial charge >= 0.3 is 53.9 Å². The zero-order valence-corrected chi connectivity index (χ0v) is 23.9. The second kappa shape index (κ2) is 14.1. The van der Waals surface area contributed by atoms with Gasteiger partial charge < -0.3 is 4.74 Å². The largest absolute Gasteiger partial charge is 0.455 e. The molecule has 2 rings (SSSR count). The van der Waals surface area contributed by atoms with Crippen LogP contribution in [0, 0.1) is 0 Å². The molecule has 0 aliphatic carbocycles. The third kappa shape index (κ3) is 7.42. The van der Waals surface area contributed by atoms with Gasteiger partial charge in [0.15, 0.2) is 6.61 Å². The third-order valence-electron chi connectivity index (χ3n) is 6.92. The van der Waals surface area contributed by atoms with Crippen molar-refractivity contribution < 1.29 is 79.8 Å². The van der Waals surface area contributed by atoms with Crippen molar-refractivity contribution >= 4 is 5.97 Å². The van der Waals surface area contributed by atoms with E-state index < -0.39 is 66.0 Å². The highest BCUT2D eigenvalue weighted by atomic mass is 19.4. The summed E-state index contributed by atoms with van der Waals surface area (Å²) in [6.07, 6.45) is 1.60. The highest BCUT2D eigenvalue weighted by Gasteiger charge is 2.93. The fourth-order valence-corrected chi connectivity index (χ4v) is 3.95. The van der Waals surface area contributed by atoms with E-state index in [9.17, 15) is 75.0 Å². The molecule has 47 heavy (non-hydrogen) atoms. The van der Waals surface area contributed by atoms with Crippen molar-refractivity contribution in [3.05, 3.63) is 53.7 Å². The van der Waals surface area contributed by atoms with Crippen LogP contribution in [0.5, 0.6) is 0 Å². The number of unbranched alkanes of at least 4 members (excludes halogenated alkanes) is 4. The average Bonchev–Trinajstić information content (AvgIpc) is 2.99. The van der Waals surface area contributed by atoms with Gasteiger partial charge in [0, 0.05) is 11.8 Å². The summed E-state index contributed by atoms with van der Waals surface area (Å²) in [4.78, 5) is 16.3. The molecule has 0 saturated carbocycles. The molecule has 2 aromatic rings. The van der Waals surface area contributed by atoms with Gasteiger partial charge in [-0.3, -0.25) is 4.98 Å². The number of hydrogen-bond acceptors (Lipinski definition) is 3. The lowest BCUT2D eigenvalue weighted by molar-refractivity contribution is -0.447. The van der Waals surface area contributed by atoms with E-state index in [1.807, 2.05) is 0 Å². The Balaban J connectivity index is 2.18. The molecule has 0 aliphatic heterocycles. The topological polar surface area (TPSA) is 39.2 Å². The molecule has 0 bridgehead atoms. The van der Waals surface area contributed by atoms with Crippen molar-refractivity contribution in [3.8, 4) is 11.3 Å². The lowest BCUT2D eigenvalue weighted by atomic mass is 9.89. The number of alkyl halides is 16. The van der Waals surface area contributed by atoms with Gasteiger partial charge in [-0.25, -0.2) is 13.6 Å². The smallest absolute Gasteiger partial charge is 0.385 e. The van der Waals surface area contributed by atoms with Crippen LogP contribution in [0.4, 0.5) is 70.2 Å². The van der Waals surface area contributed by atoms with Gasteiger partial charge in [0.25, 0.3) is 0 Å². The van der Waals surface area contributed by atoms with Crippen LogP contribution in [0.25, 0.3) is 11.3 Å². The fourth-order valence-electron chi connectivity index (χ4n) is 3.95. The quantitative estimate of drug-likeness (QED) is 0.0932. The number of ether oxygens (including phenoxy) is 1. The van der Waals surface area contributed by atoms with Crippen LogP contribution >= 0.6 is 0 Å². The first-order valence-electron chi connectivity index (χ1n) is 13.5. The van der Waals surface area contributed by atoms with Gasteiger partial charge in [-0.05, 0) is 36.6 Å². The molecular formula is C28H25F16NO2. The first-order valence-corrected chi connectivity index (χ1v) is 13.5. The van der Waals surface area contributed by atoms with Crippen LogP contribution < -0.4 is 0 Å². The predicted molar refractivity (Wildman–Crippen MR) is 133 cm³/mol. The first kappa shape index (κ1) is 39.9. The van der Waals surface area contributed by atoms with Gasteiger partial charge in [-0.1, -0.05) is 50.8 Å². The molecule has 1 aromatic carbocycles. The van der Waals surface area contributed by atoms with Gasteiger partial charge in [0.05, 0.1) is 11.3 Å². The van der Waals surface area contributed by atoms with Crippen molar-refractivity contribution in [1.29, 1.82) is 0 Å². The molecule has 0 radical (unpaired) electrons. The van der Waals surface area contributed by atoms with Crippen molar-refractivity contribution in [2.24, 2.45) is 0 Å². The van der Waals surface area contributed by atoms with Crippen molar-refractivity contribution in [2.45, 2.75) is 93.3 Å². The molecule has 19 heteroatoms. The SMILES string of the molecule is CCCCCCCc1ccc(-c2ccc(C(=O)OCC(F)(F)C(F)(F)C(F)(F)C(F)(F)C(F)(F)C(F)(F)C(F)(F)C(F)F)cc2)nc1. The van der Waals surface area contributed by atoms with Gasteiger partial charge in [0.2, 0.25) is 0 Å². The molecule has 0 atom stereocenters. The van der Waals surface area contributed by atoms with E-state index in [-0.39, 0.29) is 0 Å². The Morgan fingerprint density at radius 2 is 1.19 bits per heavy atom. The average molecular weight is 711 g/mol. The molecule has 0 aliphatic rings. The van der Waals surface area contributed by atoms with Crippen molar-refractivity contribution in [2.75, 3.05) is 6.61 Å². The molecule has 0 spiro atoms. The Morgan fingerprint density at radius 3 is 1.68 bits per heavy atom. The highest BCUT2D eigenvalue weighted by molar-refractivity contribution is 5.90. The Bertz CT molecular complexity index is 1330. The minimum Gasteiger partial charge on any atom is -0.455 e. The molecule has 0 N–H and O–H groups in total. The number of hydrogen-bond donors (Lipinski definition) is 0. The normalized spacial score (nSPS) is 14.1. The minimum absolute atomic E-state index is 0.324. The summed E-state index contributed by atoms with van der Waals surface area (Å²) in [6, 6.07) is 7.37. The van der Waals surface area contributed by atoms with Crippen LogP contribution in [0.2, 0.25) is 0 Å².